The molecule has 5 nitrogen and oxygen atoms in total. The first kappa shape index (κ1) is 11.9. The van der Waals surface area contributed by atoms with Crippen LogP contribution in [0.5, 0.6) is 11.5 Å². The van der Waals surface area contributed by atoms with E-state index in [0.29, 0.717) is 11.3 Å². The van der Waals surface area contributed by atoms with Crippen molar-refractivity contribution in [3.63, 3.8) is 0 Å². The lowest BCUT2D eigenvalue weighted by molar-refractivity contribution is 0.0696. The molecule has 0 aliphatic rings. The highest BCUT2D eigenvalue weighted by atomic mass is 16.5. The van der Waals surface area contributed by atoms with E-state index < -0.39 is 5.97 Å². The van der Waals surface area contributed by atoms with Crippen LogP contribution in [0, 0.1) is 0 Å². The van der Waals surface area contributed by atoms with Crippen LogP contribution in [0.4, 0.5) is 0 Å². The van der Waals surface area contributed by atoms with Crippen LogP contribution in [-0.2, 0) is 6.61 Å². The Bertz CT molecular complexity index is 568. The van der Waals surface area contributed by atoms with Gasteiger partial charge in [0.15, 0.2) is 0 Å². The van der Waals surface area contributed by atoms with Crippen molar-refractivity contribution in [1.82, 2.24) is 4.98 Å². The zero-order valence-electron chi connectivity index (χ0n) is 9.41. The number of phenolic OH excluding ortho intramolecular Hbond substituents is 1. The molecule has 0 aliphatic carbocycles. The van der Waals surface area contributed by atoms with Gasteiger partial charge >= 0.3 is 5.97 Å². The van der Waals surface area contributed by atoms with E-state index in [4.69, 9.17) is 9.84 Å². The summed E-state index contributed by atoms with van der Waals surface area (Å²) >= 11 is 0. The number of carboxylic acid groups (broad SMARTS) is 1. The van der Waals surface area contributed by atoms with Crippen molar-refractivity contribution in [3.05, 3.63) is 53.9 Å². The number of aromatic nitrogens is 1. The molecule has 0 bridgehead atoms. The van der Waals surface area contributed by atoms with Gasteiger partial charge in [-0.15, -0.1) is 0 Å². The second-order valence-corrected chi connectivity index (χ2v) is 3.67. The Kier molecular flexibility index (Phi) is 3.43. The first-order valence-electron chi connectivity index (χ1n) is 5.24. The summed E-state index contributed by atoms with van der Waals surface area (Å²) in [6.07, 6.45) is 2.81. The van der Waals surface area contributed by atoms with E-state index in [-0.39, 0.29) is 17.9 Å². The molecule has 5 heteroatoms. The number of aromatic hydroxyl groups is 1. The molecule has 0 atom stereocenters. The summed E-state index contributed by atoms with van der Waals surface area (Å²) in [6.45, 7) is 0.192. The Morgan fingerprint density at radius 3 is 2.83 bits per heavy atom. The summed E-state index contributed by atoms with van der Waals surface area (Å²) in [5.74, 6) is -0.401. The number of hydrogen-bond donors (Lipinski definition) is 2. The number of carbonyl (C=O) groups is 1. The maximum absolute atomic E-state index is 10.8. The number of nitrogens with zero attached hydrogens (tertiary/aromatic N) is 1. The van der Waals surface area contributed by atoms with Crippen molar-refractivity contribution in [2.75, 3.05) is 0 Å². The lowest BCUT2D eigenvalue weighted by Crippen LogP contribution is -2.01. The quantitative estimate of drug-likeness (QED) is 0.861. The number of benzene rings is 1. The fraction of sp³-hybridized carbons (Fsp3) is 0.0769. The van der Waals surface area contributed by atoms with Crippen molar-refractivity contribution in [1.29, 1.82) is 0 Å². The van der Waals surface area contributed by atoms with Gasteiger partial charge in [0, 0.05) is 24.0 Å². The second-order valence-electron chi connectivity index (χ2n) is 3.67. The van der Waals surface area contributed by atoms with Crippen molar-refractivity contribution < 1.29 is 19.7 Å². The summed E-state index contributed by atoms with van der Waals surface area (Å²) in [4.78, 5) is 14.6. The van der Waals surface area contributed by atoms with Crippen molar-refractivity contribution in [2.45, 2.75) is 6.61 Å². The molecule has 0 spiro atoms. The van der Waals surface area contributed by atoms with Crippen LogP contribution in [0.1, 0.15) is 15.9 Å². The molecule has 18 heavy (non-hydrogen) atoms. The molecule has 0 saturated heterocycles. The monoisotopic (exact) mass is 245 g/mol. The Hall–Kier alpha value is -2.56. The molecule has 1 aromatic carbocycles. The van der Waals surface area contributed by atoms with Gasteiger partial charge < -0.3 is 14.9 Å². The Labute approximate surface area is 103 Å². The Morgan fingerprint density at radius 2 is 2.11 bits per heavy atom. The lowest BCUT2D eigenvalue weighted by atomic mass is 10.2. The van der Waals surface area contributed by atoms with Gasteiger partial charge in [0.2, 0.25) is 0 Å². The van der Waals surface area contributed by atoms with Gasteiger partial charge in [-0.1, -0.05) is 6.07 Å². The number of pyridine rings is 1. The van der Waals surface area contributed by atoms with Gasteiger partial charge in [0.1, 0.15) is 18.1 Å². The van der Waals surface area contributed by atoms with E-state index in [2.05, 4.69) is 4.98 Å². The number of hydrogen-bond acceptors (Lipinski definition) is 4. The highest BCUT2D eigenvalue weighted by molar-refractivity contribution is 5.87. The van der Waals surface area contributed by atoms with Gasteiger partial charge in [-0.3, -0.25) is 4.98 Å². The average molecular weight is 245 g/mol. The molecular weight excluding hydrogens is 234 g/mol. The van der Waals surface area contributed by atoms with Gasteiger partial charge in [-0.2, -0.15) is 0 Å². The van der Waals surface area contributed by atoms with Crippen LogP contribution < -0.4 is 4.74 Å². The van der Waals surface area contributed by atoms with E-state index >= 15 is 0 Å². The molecular formula is C13H11NO4. The summed E-state index contributed by atoms with van der Waals surface area (Å²) in [7, 11) is 0. The SMILES string of the molecule is O=C(O)c1cncc(COc2cccc(O)c2)c1. The Morgan fingerprint density at radius 1 is 1.28 bits per heavy atom. The first-order valence-corrected chi connectivity index (χ1v) is 5.24. The fourth-order valence-electron chi connectivity index (χ4n) is 1.42. The van der Waals surface area contributed by atoms with E-state index in [9.17, 15) is 9.90 Å². The van der Waals surface area contributed by atoms with Crippen molar-refractivity contribution in [2.24, 2.45) is 0 Å². The smallest absolute Gasteiger partial charge is 0.337 e. The van der Waals surface area contributed by atoms with Gasteiger partial charge in [0.05, 0.1) is 5.56 Å². The van der Waals surface area contributed by atoms with E-state index in [1.165, 1.54) is 24.5 Å². The third-order valence-corrected chi connectivity index (χ3v) is 2.26. The summed E-state index contributed by atoms with van der Waals surface area (Å²) in [5, 5.41) is 18.1. The summed E-state index contributed by atoms with van der Waals surface area (Å²) < 4.78 is 5.41. The van der Waals surface area contributed by atoms with E-state index in [1.807, 2.05) is 0 Å². The van der Waals surface area contributed by atoms with Crippen molar-refractivity contribution >= 4 is 5.97 Å². The van der Waals surface area contributed by atoms with Crippen LogP contribution in [0.2, 0.25) is 0 Å². The standard InChI is InChI=1S/C13H11NO4/c15-11-2-1-3-12(5-11)18-8-9-4-10(13(16)17)7-14-6-9/h1-7,15H,8H2,(H,16,17). The molecule has 0 unspecified atom stereocenters. The minimum absolute atomic E-state index is 0.116. The topological polar surface area (TPSA) is 79.7 Å². The second kappa shape index (κ2) is 5.18. The predicted octanol–water partition coefficient (Wildman–Crippen LogP) is 2.06. The average Bonchev–Trinajstić information content (AvgIpc) is 2.37. The molecule has 2 rings (SSSR count). The summed E-state index contributed by atoms with van der Waals surface area (Å²) in [5.41, 5.74) is 0.769. The first-order chi connectivity index (χ1) is 8.65. The molecule has 2 N–H and O–H groups in total. The number of rotatable bonds is 4. The molecule has 0 amide bonds. The number of ether oxygens (including phenoxy) is 1. The van der Waals surface area contributed by atoms with Gasteiger partial charge in [-0.25, -0.2) is 4.79 Å². The van der Waals surface area contributed by atoms with Crippen LogP contribution >= 0.6 is 0 Å². The zero-order valence-corrected chi connectivity index (χ0v) is 9.41. The molecule has 92 valence electrons. The minimum Gasteiger partial charge on any atom is -0.508 e. The van der Waals surface area contributed by atoms with Crippen LogP contribution in [0.15, 0.2) is 42.7 Å². The van der Waals surface area contributed by atoms with Gasteiger partial charge in [-0.05, 0) is 18.2 Å². The van der Waals surface area contributed by atoms with Gasteiger partial charge in [0.25, 0.3) is 0 Å². The van der Waals surface area contributed by atoms with Crippen LogP contribution in [0.3, 0.4) is 0 Å². The highest BCUT2D eigenvalue weighted by Gasteiger charge is 2.04. The Balaban J connectivity index is 2.06. The zero-order chi connectivity index (χ0) is 13.0. The molecule has 0 fully saturated rings. The number of carboxylic acids is 1. The predicted molar refractivity (Wildman–Crippen MR) is 63.6 cm³/mol. The fourth-order valence-corrected chi connectivity index (χ4v) is 1.42. The lowest BCUT2D eigenvalue weighted by Gasteiger charge is -2.06. The van der Waals surface area contributed by atoms with E-state index in [1.54, 1.807) is 18.2 Å². The molecule has 0 saturated carbocycles. The maximum atomic E-state index is 10.8. The van der Waals surface area contributed by atoms with Crippen LogP contribution in [-0.4, -0.2) is 21.2 Å². The van der Waals surface area contributed by atoms with Crippen molar-refractivity contribution in [3.8, 4) is 11.5 Å². The maximum Gasteiger partial charge on any atom is 0.337 e. The number of aromatic carboxylic acids is 1. The van der Waals surface area contributed by atoms with E-state index in [0.717, 1.165) is 0 Å². The van der Waals surface area contributed by atoms with Crippen LogP contribution in [0.25, 0.3) is 0 Å². The largest absolute Gasteiger partial charge is 0.508 e. The molecule has 2 aromatic rings. The normalized spacial score (nSPS) is 10.0. The molecule has 1 heterocycles. The molecule has 0 aliphatic heterocycles. The number of phenols is 1. The molecule has 1 aromatic heterocycles. The minimum atomic E-state index is -1.03. The third kappa shape index (κ3) is 2.98. The summed E-state index contributed by atoms with van der Waals surface area (Å²) in [6, 6.07) is 7.89. The third-order valence-electron chi connectivity index (χ3n) is 2.26. The highest BCUT2D eigenvalue weighted by Crippen LogP contribution is 2.18. The molecule has 0 radical (unpaired) electrons.